The molecule has 1 atom stereocenters. The molecule has 3 aromatic rings. The lowest BCUT2D eigenvalue weighted by Gasteiger charge is -2.15. The number of rotatable bonds is 5. The van der Waals surface area contributed by atoms with Gasteiger partial charge < -0.3 is 15.8 Å². The van der Waals surface area contributed by atoms with E-state index in [2.05, 4.69) is 25.1 Å². The Morgan fingerprint density at radius 3 is 2.63 bits per heavy atom. The molecule has 2 heterocycles. The Morgan fingerprint density at radius 2 is 2.00 bits per heavy atom. The molecule has 30 heavy (non-hydrogen) atoms. The second kappa shape index (κ2) is 9.22. The molecule has 0 aliphatic carbocycles. The number of ether oxygens (including phenoxy) is 1. The standard InChI is InChI=1S/C17H14ClF3N6O2.H2S/c1-9(15-24-8-25-27(15)14-3-2-12(22)7-23-14)26-16(28)10-4-11(18)6-13(5-10)29-17(19,20)21;/h2-9H,22H2,1H3,(H,26,28);1H2/t9-;/m0./s1. The van der Waals surface area contributed by atoms with Crippen molar-refractivity contribution in [1.29, 1.82) is 0 Å². The molecule has 1 aromatic carbocycles. The molecule has 0 spiro atoms. The topological polar surface area (TPSA) is 108 Å². The molecule has 0 saturated carbocycles. The number of nitrogen functional groups attached to an aromatic ring is 1. The largest absolute Gasteiger partial charge is 0.573 e. The van der Waals surface area contributed by atoms with Crippen LogP contribution >= 0.6 is 25.1 Å². The van der Waals surface area contributed by atoms with Gasteiger partial charge in [0.05, 0.1) is 17.9 Å². The Labute approximate surface area is 180 Å². The molecule has 0 bridgehead atoms. The number of hydrogen-bond acceptors (Lipinski definition) is 6. The zero-order valence-electron chi connectivity index (χ0n) is 15.3. The van der Waals surface area contributed by atoms with Crippen LogP contribution in [0, 0.1) is 0 Å². The van der Waals surface area contributed by atoms with E-state index in [4.69, 9.17) is 17.3 Å². The Hall–Kier alpha value is -2.99. The van der Waals surface area contributed by atoms with Gasteiger partial charge in [-0.15, -0.1) is 13.2 Å². The van der Waals surface area contributed by atoms with Crippen molar-refractivity contribution in [3.05, 3.63) is 59.3 Å². The van der Waals surface area contributed by atoms with E-state index >= 15 is 0 Å². The number of anilines is 1. The van der Waals surface area contributed by atoms with Crippen LogP contribution in [0.25, 0.3) is 5.82 Å². The lowest BCUT2D eigenvalue weighted by Crippen LogP contribution is -2.29. The first kappa shape index (κ1) is 23.3. The molecule has 3 N–H and O–H groups in total. The van der Waals surface area contributed by atoms with E-state index in [0.29, 0.717) is 17.3 Å². The minimum Gasteiger partial charge on any atom is -0.406 e. The SMILES string of the molecule is C[C@H](NC(=O)c1cc(Cl)cc(OC(F)(F)F)c1)c1ncnn1-c1ccc(N)cn1.S. The van der Waals surface area contributed by atoms with Gasteiger partial charge in [-0.3, -0.25) is 4.79 Å². The number of pyridine rings is 1. The van der Waals surface area contributed by atoms with Crippen LogP contribution in [0.15, 0.2) is 42.9 Å². The van der Waals surface area contributed by atoms with E-state index in [9.17, 15) is 18.0 Å². The summed E-state index contributed by atoms with van der Waals surface area (Å²) in [6.45, 7) is 1.63. The Balaban J connectivity index is 0.00000320. The van der Waals surface area contributed by atoms with Crippen LogP contribution in [0.1, 0.15) is 29.1 Å². The van der Waals surface area contributed by atoms with Crippen LogP contribution in [-0.4, -0.2) is 32.0 Å². The normalized spacial score (nSPS) is 12.0. The minimum absolute atomic E-state index is 0. The molecule has 0 saturated heterocycles. The van der Waals surface area contributed by atoms with Gasteiger partial charge in [-0.2, -0.15) is 23.3 Å². The molecular weight excluding hydrogens is 445 g/mol. The van der Waals surface area contributed by atoms with Crippen LogP contribution < -0.4 is 15.8 Å². The maximum atomic E-state index is 12.5. The van der Waals surface area contributed by atoms with Crippen molar-refractivity contribution in [3.8, 4) is 11.6 Å². The number of hydrogen-bond donors (Lipinski definition) is 2. The van der Waals surface area contributed by atoms with Crippen molar-refractivity contribution in [1.82, 2.24) is 25.1 Å². The number of carbonyl (C=O) groups excluding carboxylic acids is 1. The first-order valence-electron chi connectivity index (χ1n) is 8.11. The molecule has 13 heteroatoms. The summed E-state index contributed by atoms with van der Waals surface area (Å²) in [5, 5.41) is 6.61. The van der Waals surface area contributed by atoms with Crippen molar-refractivity contribution < 1.29 is 22.7 Å². The van der Waals surface area contributed by atoms with Crippen LogP contribution in [0.3, 0.4) is 0 Å². The van der Waals surface area contributed by atoms with Crippen LogP contribution in [0.2, 0.25) is 5.02 Å². The van der Waals surface area contributed by atoms with Crippen molar-refractivity contribution in [3.63, 3.8) is 0 Å². The third-order valence-corrected chi connectivity index (χ3v) is 3.88. The summed E-state index contributed by atoms with van der Waals surface area (Å²) in [5.74, 6) is -0.496. The second-order valence-electron chi connectivity index (χ2n) is 5.90. The van der Waals surface area contributed by atoms with Gasteiger partial charge in [-0.1, -0.05) is 11.6 Å². The number of nitrogens with two attached hydrogens (primary N) is 1. The summed E-state index contributed by atoms with van der Waals surface area (Å²) >= 11 is 5.80. The first-order chi connectivity index (χ1) is 13.6. The van der Waals surface area contributed by atoms with E-state index in [0.717, 1.165) is 12.1 Å². The van der Waals surface area contributed by atoms with E-state index in [1.54, 1.807) is 19.1 Å². The number of benzene rings is 1. The average Bonchev–Trinajstić information content (AvgIpc) is 3.10. The highest BCUT2D eigenvalue weighted by atomic mass is 35.5. The molecule has 0 radical (unpaired) electrons. The average molecular weight is 461 g/mol. The molecule has 8 nitrogen and oxygen atoms in total. The highest BCUT2D eigenvalue weighted by Crippen LogP contribution is 2.27. The molecule has 3 rings (SSSR count). The minimum atomic E-state index is -4.91. The fourth-order valence-corrected chi connectivity index (χ4v) is 2.70. The van der Waals surface area contributed by atoms with Gasteiger partial charge >= 0.3 is 6.36 Å². The molecule has 2 aromatic heterocycles. The smallest absolute Gasteiger partial charge is 0.406 e. The first-order valence-corrected chi connectivity index (χ1v) is 8.49. The number of halogens is 4. The zero-order chi connectivity index (χ0) is 21.2. The summed E-state index contributed by atoms with van der Waals surface area (Å²) in [5.41, 5.74) is 5.97. The molecule has 160 valence electrons. The van der Waals surface area contributed by atoms with Gasteiger partial charge in [0.2, 0.25) is 0 Å². The van der Waals surface area contributed by atoms with Crippen LogP contribution in [-0.2, 0) is 0 Å². The molecule has 0 fully saturated rings. The maximum Gasteiger partial charge on any atom is 0.573 e. The number of nitrogens with zero attached hydrogens (tertiary/aromatic N) is 4. The Kier molecular flexibility index (Phi) is 7.16. The Morgan fingerprint density at radius 1 is 1.27 bits per heavy atom. The third kappa shape index (κ3) is 5.76. The van der Waals surface area contributed by atoms with Gasteiger partial charge in [-0.25, -0.2) is 9.97 Å². The molecule has 1 amide bonds. The summed E-state index contributed by atoms with van der Waals surface area (Å²) in [6.07, 6.45) is -2.18. The third-order valence-electron chi connectivity index (χ3n) is 3.66. The van der Waals surface area contributed by atoms with Crippen molar-refractivity contribution in [2.45, 2.75) is 19.3 Å². The highest BCUT2D eigenvalue weighted by Gasteiger charge is 2.31. The number of amides is 1. The van der Waals surface area contributed by atoms with Crippen LogP contribution in [0.4, 0.5) is 18.9 Å². The summed E-state index contributed by atoms with van der Waals surface area (Å²) in [7, 11) is 0. The van der Waals surface area contributed by atoms with E-state index in [1.807, 2.05) is 0 Å². The van der Waals surface area contributed by atoms with Gasteiger partial charge in [-0.05, 0) is 37.3 Å². The number of nitrogens with one attached hydrogen (secondary N) is 1. The monoisotopic (exact) mass is 460 g/mol. The fraction of sp³-hybridized carbons (Fsp3) is 0.176. The van der Waals surface area contributed by atoms with Crippen molar-refractivity contribution in [2.75, 3.05) is 5.73 Å². The lowest BCUT2D eigenvalue weighted by atomic mass is 10.2. The quantitative estimate of drug-likeness (QED) is 0.604. The number of aromatic nitrogens is 4. The molecule has 0 unspecified atom stereocenters. The zero-order valence-corrected chi connectivity index (χ0v) is 17.1. The summed E-state index contributed by atoms with van der Waals surface area (Å²) < 4.78 is 42.5. The van der Waals surface area contributed by atoms with Gasteiger partial charge in [0.1, 0.15) is 12.1 Å². The van der Waals surface area contributed by atoms with Crippen molar-refractivity contribution >= 4 is 36.7 Å². The van der Waals surface area contributed by atoms with Gasteiger partial charge in [0.15, 0.2) is 11.6 Å². The van der Waals surface area contributed by atoms with E-state index in [-0.39, 0.29) is 24.1 Å². The summed E-state index contributed by atoms with van der Waals surface area (Å²) in [4.78, 5) is 20.8. The molecule has 0 aliphatic rings. The molecule has 0 aliphatic heterocycles. The lowest BCUT2D eigenvalue weighted by molar-refractivity contribution is -0.274. The Bertz CT molecular complexity index is 1030. The predicted molar refractivity (Wildman–Crippen MR) is 108 cm³/mol. The highest BCUT2D eigenvalue weighted by molar-refractivity contribution is 7.59. The molecular formula is C17H16ClF3N6O2S. The number of alkyl halides is 3. The van der Waals surface area contributed by atoms with E-state index < -0.39 is 24.1 Å². The number of carbonyl (C=O) groups is 1. The van der Waals surface area contributed by atoms with Gasteiger partial charge in [0, 0.05) is 10.6 Å². The van der Waals surface area contributed by atoms with Crippen molar-refractivity contribution in [2.24, 2.45) is 0 Å². The second-order valence-corrected chi connectivity index (χ2v) is 6.33. The van der Waals surface area contributed by atoms with E-state index in [1.165, 1.54) is 23.3 Å². The predicted octanol–water partition coefficient (Wildman–Crippen LogP) is 3.40. The fourth-order valence-electron chi connectivity index (χ4n) is 2.48. The maximum absolute atomic E-state index is 12.5. The van der Waals surface area contributed by atoms with Crippen LogP contribution in [0.5, 0.6) is 5.75 Å². The van der Waals surface area contributed by atoms with Gasteiger partial charge in [0.25, 0.3) is 5.91 Å². The summed E-state index contributed by atoms with van der Waals surface area (Å²) in [6, 6.07) is 5.71.